The molecule has 1 aliphatic rings. The standard InChI is InChI=1S/C13H14N4O4S/c1-20-8-4-6-22-9(8)13(19)17-5-2-3-7(17)12-15-11(10(14)18)16-21-12/h4,6-7H,2-3,5H2,1H3,(H2,14,18)/t7-/m0/s1. The van der Waals surface area contributed by atoms with E-state index in [9.17, 15) is 9.59 Å². The molecule has 116 valence electrons. The number of hydrogen-bond acceptors (Lipinski definition) is 7. The molecule has 3 heterocycles. The smallest absolute Gasteiger partial charge is 0.290 e. The molecule has 9 heteroatoms. The molecule has 2 N–H and O–H groups in total. The summed E-state index contributed by atoms with van der Waals surface area (Å²) in [4.78, 5) is 29.9. The fourth-order valence-electron chi connectivity index (χ4n) is 2.48. The quantitative estimate of drug-likeness (QED) is 0.905. The monoisotopic (exact) mass is 322 g/mol. The van der Waals surface area contributed by atoms with Crippen LogP contribution >= 0.6 is 11.3 Å². The predicted octanol–water partition coefficient (Wildman–Crippen LogP) is 1.22. The zero-order valence-corrected chi connectivity index (χ0v) is 12.6. The Morgan fingerprint density at radius 3 is 3.05 bits per heavy atom. The lowest BCUT2D eigenvalue weighted by atomic mass is 10.2. The van der Waals surface area contributed by atoms with Gasteiger partial charge in [-0.2, -0.15) is 4.98 Å². The van der Waals surface area contributed by atoms with Gasteiger partial charge in [0.1, 0.15) is 16.7 Å². The van der Waals surface area contributed by atoms with E-state index in [0.29, 0.717) is 23.6 Å². The van der Waals surface area contributed by atoms with E-state index in [4.69, 9.17) is 15.0 Å². The minimum absolute atomic E-state index is 0.145. The second kappa shape index (κ2) is 5.76. The molecule has 1 fully saturated rings. The van der Waals surface area contributed by atoms with Gasteiger partial charge in [0.25, 0.3) is 17.6 Å². The molecule has 0 bridgehead atoms. The number of likely N-dealkylation sites (tertiary alicyclic amines) is 1. The van der Waals surface area contributed by atoms with Gasteiger partial charge in [0.2, 0.25) is 5.89 Å². The van der Waals surface area contributed by atoms with Gasteiger partial charge < -0.3 is 19.9 Å². The Balaban J connectivity index is 1.86. The highest BCUT2D eigenvalue weighted by molar-refractivity contribution is 7.12. The number of amides is 2. The van der Waals surface area contributed by atoms with Gasteiger partial charge in [-0.3, -0.25) is 9.59 Å². The lowest BCUT2D eigenvalue weighted by Gasteiger charge is -2.21. The first-order valence-electron chi connectivity index (χ1n) is 6.67. The Kier molecular flexibility index (Phi) is 3.80. The fraction of sp³-hybridized carbons (Fsp3) is 0.385. The number of aromatic nitrogens is 2. The lowest BCUT2D eigenvalue weighted by Crippen LogP contribution is -2.30. The van der Waals surface area contributed by atoms with Crippen LogP contribution in [0.3, 0.4) is 0 Å². The molecule has 0 saturated carbocycles. The van der Waals surface area contributed by atoms with Crippen LogP contribution in [0.25, 0.3) is 0 Å². The third-order valence-electron chi connectivity index (χ3n) is 3.50. The maximum Gasteiger partial charge on any atom is 0.290 e. The molecule has 0 spiro atoms. The van der Waals surface area contributed by atoms with Crippen LogP contribution in [0.1, 0.15) is 45.1 Å². The van der Waals surface area contributed by atoms with Crippen molar-refractivity contribution in [3.05, 3.63) is 28.0 Å². The molecular weight excluding hydrogens is 308 g/mol. The fourth-order valence-corrected chi connectivity index (χ4v) is 3.30. The van der Waals surface area contributed by atoms with Crippen LogP contribution in [0.5, 0.6) is 5.75 Å². The van der Waals surface area contributed by atoms with Gasteiger partial charge in [0, 0.05) is 6.54 Å². The Morgan fingerprint density at radius 2 is 2.36 bits per heavy atom. The van der Waals surface area contributed by atoms with E-state index in [0.717, 1.165) is 6.42 Å². The van der Waals surface area contributed by atoms with Gasteiger partial charge in [-0.15, -0.1) is 11.3 Å². The van der Waals surface area contributed by atoms with Gasteiger partial charge >= 0.3 is 0 Å². The topological polar surface area (TPSA) is 112 Å². The van der Waals surface area contributed by atoms with Crippen LogP contribution in [0, 0.1) is 0 Å². The number of rotatable bonds is 4. The molecule has 1 saturated heterocycles. The molecule has 1 atom stereocenters. The number of thiophene rings is 1. The van der Waals surface area contributed by atoms with Crippen LogP contribution < -0.4 is 10.5 Å². The summed E-state index contributed by atoms with van der Waals surface area (Å²) in [6.45, 7) is 0.582. The van der Waals surface area contributed by atoms with E-state index in [1.54, 1.807) is 16.3 Å². The Morgan fingerprint density at radius 1 is 1.55 bits per heavy atom. The van der Waals surface area contributed by atoms with Crippen molar-refractivity contribution in [3.8, 4) is 5.75 Å². The van der Waals surface area contributed by atoms with Crippen LogP contribution in [0.4, 0.5) is 0 Å². The number of methoxy groups -OCH3 is 1. The number of hydrogen-bond donors (Lipinski definition) is 1. The van der Waals surface area contributed by atoms with E-state index in [-0.39, 0.29) is 23.7 Å². The first-order valence-corrected chi connectivity index (χ1v) is 7.55. The van der Waals surface area contributed by atoms with Crippen LogP contribution in [-0.4, -0.2) is 40.5 Å². The first kappa shape index (κ1) is 14.5. The third-order valence-corrected chi connectivity index (χ3v) is 4.39. The van der Waals surface area contributed by atoms with Crippen LogP contribution in [0.15, 0.2) is 16.0 Å². The molecule has 2 aromatic heterocycles. The van der Waals surface area contributed by atoms with Crippen molar-refractivity contribution < 1.29 is 18.8 Å². The largest absolute Gasteiger partial charge is 0.495 e. The van der Waals surface area contributed by atoms with E-state index in [1.165, 1.54) is 18.4 Å². The van der Waals surface area contributed by atoms with Crippen molar-refractivity contribution in [1.29, 1.82) is 0 Å². The van der Waals surface area contributed by atoms with Gasteiger partial charge in [-0.05, 0) is 24.3 Å². The molecule has 22 heavy (non-hydrogen) atoms. The molecule has 1 aliphatic heterocycles. The van der Waals surface area contributed by atoms with Gasteiger partial charge in [0.05, 0.1) is 7.11 Å². The van der Waals surface area contributed by atoms with Crippen LogP contribution in [0.2, 0.25) is 0 Å². The summed E-state index contributed by atoms with van der Waals surface area (Å²) in [5, 5.41) is 5.33. The maximum absolute atomic E-state index is 12.7. The highest BCUT2D eigenvalue weighted by atomic mass is 32.1. The number of nitrogens with two attached hydrogens (primary N) is 1. The molecule has 0 unspecified atom stereocenters. The highest BCUT2D eigenvalue weighted by Gasteiger charge is 2.36. The zero-order valence-electron chi connectivity index (χ0n) is 11.8. The van der Waals surface area contributed by atoms with Gasteiger partial charge in [-0.25, -0.2) is 0 Å². The van der Waals surface area contributed by atoms with Crippen molar-refractivity contribution >= 4 is 23.2 Å². The normalized spacial score (nSPS) is 17.7. The van der Waals surface area contributed by atoms with Crippen molar-refractivity contribution in [2.45, 2.75) is 18.9 Å². The van der Waals surface area contributed by atoms with E-state index >= 15 is 0 Å². The van der Waals surface area contributed by atoms with Gasteiger partial charge in [0.15, 0.2) is 0 Å². The SMILES string of the molecule is COc1ccsc1C(=O)N1CCC[C@H]1c1nc(C(N)=O)no1. The summed E-state index contributed by atoms with van der Waals surface area (Å²) in [5.74, 6) is -0.304. The van der Waals surface area contributed by atoms with E-state index in [2.05, 4.69) is 10.1 Å². The molecule has 2 amide bonds. The third kappa shape index (κ3) is 2.43. The summed E-state index contributed by atoms with van der Waals surface area (Å²) in [7, 11) is 1.53. The molecule has 0 radical (unpaired) electrons. The molecule has 2 aromatic rings. The minimum Gasteiger partial charge on any atom is -0.495 e. The van der Waals surface area contributed by atoms with Crippen molar-refractivity contribution in [1.82, 2.24) is 15.0 Å². The lowest BCUT2D eigenvalue weighted by molar-refractivity contribution is 0.0711. The highest BCUT2D eigenvalue weighted by Crippen LogP contribution is 2.35. The molecular formula is C13H14N4O4S. The number of primary amides is 1. The molecule has 3 rings (SSSR count). The Hall–Kier alpha value is -2.42. The summed E-state index contributed by atoms with van der Waals surface area (Å²) in [6.07, 6.45) is 1.51. The minimum atomic E-state index is -0.759. The molecule has 0 aromatic carbocycles. The summed E-state index contributed by atoms with van der Waals surface area (Å²) in [5.41, 5.74) is 5.12. The van der Waals surface area contributed by atoms with Crippen molar-refractivity contribution in [2.75, 3.05) is 13.7 Å². The predicted molar refractivity (Wildman–Crippen MR) is 76.7 cm³/mol. The second-order valence-electron chi connectivity index (χ2n) is 4.80. The van der Waals surface area contributed by atoms with E-state index < -0.39 is 5.91 Å². The number of carbonyl (C=O) groups excluding carboxylic acids is 2. The first-order chi connectivity index (χ1) is 10.6. The Labute approximate surface area is 129 Å². The summed E-state index contributed by atoms with van der Waals surface area (Å²) < 4.78 is 10.3. The molecule has 0 aliphatic carbocycles. The molecule has 8 nitrogen and oxygen atoms in total. The number of nitrogens with zero attached hydrogens (tertiary/aromatic N) is 3. The van der Waals surface area contributed by atoms with E-state index in [1.807, 2.05) is 0 Å². The average Bonchev–Trinajstić information content (AvgIpc) is 3.23. The second-order valence-corrected chi connectivity index (χ2v) is 5.71. The number of carbonyl (C=O) groups is 2. The Bertz CT molecular complexity index is 710. The maximum atomic E-state index is 12.7. The van der Waals surface area contributed by atoms with Gasteiger partial charge in [-0.1, -0.05) is 5.16 Å². The number of ether oxygens (including phenoxy) is 1. The summed E-state index contributed by atoms with van der Waals surface area (Å²) >= 11 is 1.32. The zero-order chi connectivity index (χ0) is 15.7. The van der Waals surface area contributed by atoms with Crippen molar-refractivity contribution in [2.24, 2.45) is 5.73 Å². The van der Waals surface area contributed by atoms with Crippen LogP contribution in [-0.2, 0) is 0 Å². The average molecular weight is 322 g/mol. The van der Waals surface area contributed by atoms with Crippen molar-refractivity contribution in [3.63, 3.8) is 0 Å². The summed E-state index contributed by atoms with van der Waals surface area (Å²) in [6, 6.07) is 1.40.